The number of para-hydroxylation sites is 1. The number of carbonyl (C=O) groups excluding carboxylic acids is 2. The Morgan fingerprint density at radius 3 is 2.67 bits per heavy atom. The molecule has 2 aromatic carbocycles. The SMILES string of the molecule is CC(OC(=O)c1c2c(nc3ccccc13)CCN(Cc1ccccc1)C2)C(=O)Nc1sc2c(c1C#N)CCCC2. The quantitative estimate of drug-likeness (QED) is 0.306. The minimum Gasteiger partial charge on any atom is -0.449 e. The lowest BCUT2D eigenvalue weighted by Gasteiger charge is -2.30. The number of fused-ring (bicyclic) bond motifs is 3. The van der Waals surface area contributed by atoms with Crippen molar-refractivity contribution in [2.75, 3.05) is 11.9 Å². The number of ether oxygens (including phenoxy) is 1. The van der Waals surface area contributed by atoms with Gasteiger partial charge in [-0.05, 0) is 49.8 Å². The molecule has 0 radical (unpaired) electrons. The molecule has 40 heavy (non-hydrogen) atoms. The van der Waals surface area contributed by atoms with E-state index < -0.39 is 18.0 Å². The van der Waals surface area contributed by atoms with Gasteiger partial charge in [-0.3, -0.25) is 14.7 Å². The molecule has 0 fully saturated rings. The average molecular weight is 551 g/mol. The third-order valence-electron chi connectivity index (χ3n) is 7.75. The van der Waals surface area contributed by atoms with E-state index in [4.69, 9.17) is 9.72 Å². The zero-order valence-corrected chi connectivity index (χ0v) is 23.2. The molecule has 0 saturated heterocycles. The van der Waals surface area contributed by atoms with Gasteiger partial charge in [0.05, 0.1) is 16.6 Å². The maximum atomic E-state index is 13.7. The van der Waals surface area contributed by atoms with Gasteiger partial charge in [-0.2, -0.15) is 5.26 Å². The highest BCUT2D eigenvalue weighted by Crippen LogP contribution is 2.38. The number of esters is 1. The number of hydrogen-bond acceptors (Lipinski definition) is 7. The molecule has 202 valence electrons. The topological polar surface area (TPSA) is 95.3 Å². The average Bonchev–Trinajstić information content (AvgIpc) is 3.33. The zero-order valence-electron chi connectivity index (χ0n) is 22.4. The summed E-state index contributed by atoms with van der Waals surface area (Å²) < 4.78 is 5.80. The summed E-state index contributed by atoms with van der Waals surface area (Å²) in [6, 6.07) is 20.1. The molecule has 2 aliphatic rings. The van der Waals surface area contributed by atoms with Crippen molar-refractivity contribution < 1.29 is 14.3 Å². The molecule has 1 N–H and O–H groups in total. The summed E-state index contributed by atoms with van der Waals surface area (Å²) in [6.07, 6.45) is 3.61. The third-order valence-corrected chi connectivity index (χ3v) is 8.96. The Labute approximate surface area is 237 Å². The van der Waals surface area contributed by atoms with Crippen molar-refractivity contribution in [2.45, 2.75) is 58.2 Å². The van der Waals surface area contributed by atoms with Crippen LogP contribution in [0.5, 0.6) is 0 Å². The normalized spacial score (nSPS) is 15.5. The fraction of sp³-hybridized carbons (Fsp3) is 0.312. The number of aryl methyl sites for hydroxylation is 1. The van der Waals surface area contributed by atoms with Crippen molar-refractivity contribution in [3.63, 3.8) is 0 Å². The van der Waals surface area contributed by atoms with Crippen LogP contribution in [-0.2, 0) is 41.9 Å². The highest BCUT2D eigenvalue weighted by molar-refractivity contribution is 7.16. The van der Waals surface area contributed by atoms with E-state index in [-0.39, 0.29) is 0 Å². The van der Waals surface area contributed by atoms with Crippen LogP contribution < -0.4 is 5.32 Å². The summed E-state index contributed by atoms with van der Waals surface area (Å²) >= 11 is 1.46. The first-order valence-corrected chi connectivity index (χ1v) is 14.6. The Morgan fingerprint density at radius 2 is 1.85 bits per heavy atom. The van der Waals surface area contributed by atoms with Gasteiger partial charge in [0.15, 0.2) is 6.10 Å². The summed E-state index contributed by atoms with van der Waals surface area (Å²) in [5, 5.41) is 13.9. The van der Waals surface area contributed by atoms with Gasteiger partial charge in [-0.15, -0.1) is 11.3 Å². The minimum absolute atomic E-state index is 0.443. The Kier molecular flexibility index (Phi) is 7.33. The first-order valence-electron chi connectivity index (χ1n) is 13.7. The standard InChI is InChI=1S/C32H30N4O3S/c1-20(30(37)35-31-24(17-33)22-11-6-8-14-28(22)40-31)39-32(38)29-23-12-5-7-13-26(23)34-27-15-16-36(19-25(27)29)18-21-9-3-2-4-10-21/h2-5,7,9-10,12-13,20H,6,8,11,14-16,18-19H2,1H3,(H,35,37). The number of thiophene rings is 1. The molecular weight excluding hydrogens is 520 g/mol. The maximum absolute atomic E-state index is 13.7. The maximum Gasteiger partial charge on any atom is 0.339 e. The number of amides is 1. The second-order valence-electron chi connectivity index (χ2n) is 10.4. The van der Waals surface area contributed by atoms with Gasteiger partial charge >= 0.3 is 5.97 Å². The lowest BCUT2D eigenvalue weighted by molar-refractivity contribution is -0.123. The number of anilines is 1. The van der Waals surface area contributed by atoms with Crippen LogP contribution in [0, 0.1) is 11.3 Å². The Balaban J connectivity index is 1.25. The number of pyridine rings is 1. The molecule has 6 rings (SSSR count). The Bertz CT molecular complexity index is 1640. The minimum atomic E-state index is -1.04. The number of nitriles is 1. The van der Waals surface area contributed by atoms with E-state index in [0.717, 1.165) is 77.8 Å². The van der Waals surface area contributed by atoms with Crippen LogP contribution in [0.3, 0.4) is 0 Å². The van der Waals surface area contributed by atoms with E-state index in [9.17, 15) is 14.9 Å². The van der Waals surface area contributed by atoms with E-state index in [2.05, 4.69) is 28.4 Å². The van der Waals surface area contributed by atoms with E-state index in [1.165, 1.54) is 16.9 Å². The molecule has 3 heterocycles. The number of hydrogen-bond donors (Lipinski definition) is 1. The number of nitrogens with zero attached hydrogens (tertiary/aromatic N) is 3. The molecule has 2 aromatic heterocycles. The number of rotatable bonds is 6. The number of carbonyl (C=O) groups is 2. The fourth-order valence-corrected chi connectivity index (χ4v) is 6.96. The molecule has 0 spiro atoms. The van der Waals surface area contributed by atoms with Crippen LogP contribution in [0.2, 0.25) is 0 Å². The van der Waals surface area contributed by atoms with E-state index in [1.807, 2.05) is 42.5 Å². The zero-order chi connectivity index (χ0) is 27.6. The van der Waals surface area contributed by atoms with Crippen molar-refractivity contribution in [3.05, 3.63) is 93.0 Å². The predicted octanol–water partition coefficient (Wildman–Crippen LogP) is 5.79. The second kappa shape index (κ2) is 11.2. The molecule has 4 aromatic rings. The summed E-state index contributed by atoms with van der Waals surface area (Å²) in [6.45, 7) is 3.75. The molecule has 8 heteroatoms. The molecule has 0 saturated carbocycles. The third kappa shape index (κ3) is 5.10. The lowest BCUT2D eigenvalue weighted by Crippen LogP contribution is -2.34. The molecule has 1 amide bonds. The van der Waals surface area contributed by atoms with Gasteiger partial charge in [0.25, 0.3) is 5.91 Å². The molecular formula is C32H30N4O3S. The van der Waals surface area contributed by atoms with Crippen molar-refractivity contribution in [3.8, 4) is 6.07 Å². The van der Waals surface area contributed by atoms with E-state index >= 15 is 0 Å². The van der Waals surface area contributed by atoms with Gasteiger partial charge in [-0.1, -0.05) is 48.5 Å². The monoisotopic (exact) mass is 550 g/mol. The molecule has 1 atom stereocenters. The largest absolute Gasteiger partial charge is 0.449 e. The van der Waals surface area contributed by atoms with Gasteiger partial charge < -0.3 is 10.1 Å². The van der Waals surface area contributed by atoms with Crippen LogP contribution in [-0.4, -0.2) is 34.4 Å². The number of nitrogens with one attached hydrogen (secondary N) is 1. The lowest BCUT2D eigenvalue weighted by atomic mass is 9.95. The second-order valence-corrected chi connectivity index (χ2v) is 11.5. The van der Waals surface area contributed by atoms with Gasteiger partial charge in [0.1, 0.15) is 11.1 Å². The van der Waals surface area contributed by atoms with Crippen molar-refractivity contribution in [1.29, 1.82) is 5.26 Å². The molecule has 1 aliphatic carbocycles. The molecule has 1 aliphatic heterocycles. The molecule has 1 unspecified atom stereocenters. The number of aromatic nitrogens is 1. The molecule has 7 nitrogen and oxygen atoms in total. The number of benzene rings is 2. The fourth-order valence-electron chi connectivity index (χ4n) is 5.71. The van der Waals surface area contributed by atoms with Crippen LogP contribution >= 0.6 is 11.3 Å². The summed E-state index contributed by atoms with van der Waals surface area (Å²) in [4.78, 5) is 35.3. The van der Waals surface area contributed by atoms with Gasteiger partial charge in [0, 0.05) is 47.6 Å². The van der Waals surface area contributed by atoms with Crippen LogP contribution in [0.25, 0.3) is 10.9 Å². The van der Waals surface area contributed by atoms with Crippen LogP contribution in [0.1, 0.15) is 62.9 Å². The van der Waals surface area contributed by atoms with E-state index in [0.29, 0.717) is 22.7 Å². The summed E-state index contributed by atoms with van der Waals surface area (Å²) in [5.74, 6) is -0.980. The molecule has 0 bridgehead atoms. The van der Waals surface area contributed by atoms with Crippen molar-refractivity contribution in [1.82, 2.24) is 9.88 Å². The first kappa shape index (κ1) is 26.2. The van der Waals surface area contributed by atoms with Gasteiger partial charge in [0.2, 0.25) is 0 Å². The van der Waals surface area contributed by atoms with Crippen LogP contribution in [0.4, 0.5) is 5.00 Å². The predicted molar refractivity (Wildman–Crippen MR) is 155 cm³/mol. The van der Waals surface area contributed by atoms with Crippen molar-refractivity contribution in [2.24, 2.45) is 0 Å². The van der Waals surface area contributed by atoms with Gasteiger partial charge in [-0.25, -0.2) is 4.79 Å². The highest BCUT2D eigenvalue weighted by atomic mass is 32.1. The Morgan fingerprint density at radius 1 is 1.07 bits per heavy atom. The highest BCUT2D eigenvalue weighted by Gasteiger charge is 2.30. The van der Waals surface area contributed by atoms with Crippen LogP contribution in [0.15, 0.2) is 54.6 Å². The van der Waals surface area contributed by atoms with E-state index in [1.54, 1.807) is 6.92 Å². The summed E-state index contributed by atoms with van der Waals surface area (Å²) in [5.41, 5.74) is 5.77. The van der Waals surface area contributed by atoms with Crippen molar-refractivity contribution >= 4 is 39.1 Å². The summed E-state index contributed by atoms with van der Waals surface area (Å²) in [7, 11) is 0. The Hall–Kier alpha value is -4.06. The smallest absolute Gasteiger partial charge is 0.339 e. The first-order chi connectivity index (χ1) is 19.5.